The Hall–Kier alpha value is -3.40. The summed E-state index contributed by atoms with van der Waals surface area (Å²) in [6, 6.07) is 20.7. The highest BCUT2D eigenvalue weighted by molar-refractivity contribution is 6.04. The van der Waals surface area contributed by atoms with E-state index in [1.807, 2.05) is 54.6 Å². The van der Waals surface area contributed by atoms with Gasteiger partial charge in [-0.3, -0.25) is 4.79 Å². The van der Waals surface area contributed by atoms with Crippen molar-refractivity contribution in [2.45, 2.75) is 13.8 Å². The van der Waals surface area contributed by atoms with Crippen LogP contribution in [-0.2, 0) is 0 Å². The van der Waals surface area contributed by atoms with Gasteiger partial charge in [0.1, 0.15) is 5.52 Å². The first kappa shape index (κ1) is 16.1. The van der Waals surface area contributed by atoms with Crippen LogP contribution in [0.15, 0.2) is 71.1 Å². The van der Waals surface area contributed by atoms with E-state index in [1.54, 1.807) is 12.1 Å². The number of nitrogens with one attached hydrogen (secondary N) is 1. The average molecular weight is 342 g/mol. The first-order chi connectivity index (χ1) is 12.6. The van der Waals surface area contributed by atoms with Gasteiger partial charge < -0.3 is 9.73 Å². The minimum absolute atomic E-state index is 0.147. The van der Waals surface area contributed by atoms with Gasteiger partial charge in [-0.15, -0.1) is 0 Å². The van der Waals surface area contributed by atoms with E-state index in [9.17, 15) is 4.79 Å². The molecule has 0 spiro atoms. The van der Waals surface area contributed by atoms with E-state index in [0.29, 0.717) is 17.1 Å². The number of aryl methyl sites for hydroxylation is 2. The predicted molar refractivity (Wildman–Crippen MR) is 103 cm³/mol. The number of rotatable bonds is 3. The summed E-state index contributed by atoms with van der Waals surface area (Å²) in [6.07, 6.45) is 0. The number of hydrogen-bond acceptors (Lipinski definition) is 3. The van der Waals surface area contributed by atoms with Crippen molar-refractivity contribution < 1.29 is 9.21 Å². The third-order valence-corrected chi connectivity index (χ3v) is 4.41. The van der Waals surface area contributed by atoms with E-state index in [-0.39, 0.29) is 5.91 Å². The Bertz CT molecular complexity index is 1060. The molecule has 1 N–H and O–H groups in total. The number of amides is 1. The van der Waals surface area contributed by atoms with Gasteiger partial charge >= 0.3 is 0 Å². The summed E-state index contributed by atoms with van der Waals surface area (Å²) >= 11 is 0. The van der Waals surface area contributed by atoms with Crippen LogP contribution in [0.2, 0.25) is 0 Å². The van der Waals surface area contributed by atoms with Gasteiger partial charge in [0.05, 0.1) is 0 Å². The summed E-state index contributed by atoms with van der Waals surface area (Å²) in [4.78, 5) is 16.9. The van der Waals surface area contributed by atoms with Gasteiger partial charge in [0.15, 0.2) is 5.58 Å². The minimum atomic E-state index is -0.147. The molecule has 128 valence electrons. The predicted octanol–water partition coefficient (Wildman–Crippen LogP) is 5.36. The smallest absolute Gasteiger partial charge is 0.255 e. The monoisotopic (exact) mass is 342 g/mol. The lowest BCUT2D eigenvalue weighted by molar-refractivity contribution is 0.102. The molecule has 0 saturated carbocycles. The number of carbonyl (C=O) groups excluding carboxylic acids is 1. The third-order valence-electron chi connectivity index (χ3n) is 4.41. The van der Waals surface area contributed by atoms with Crippen molar-refractivity contribution in [3.8, 4) is 11.5 Å². The van der Waals surface area contributed by atoms with Crippen LogP contribution in [0.25, 0.3) is 22.6 Å². The zero-order valence-electron chi connectivity index (χ0n) is 14.6. The summed E-state index contributed by atoms with van der Waals surface area (Å²) in [7, 11) is 0. The Labute approximate surface area is 151 Å². The maximum absolute atomic E-state index is 12.3. The Morgan fingerprint density at radius 3 is 2.50 bits per heavy atom. The highest BCUT2D eigenvalue weighted by atomic mass is 16.3. The summed E-state index contributed by atoms with van der Waals surface area (Å²) in [5.41, 5.74) is 6.09. The van der Waals surface area contributed by atoms with E-state index in [2.05, 4.69) is 24.1 Å². The number of carbonyl (C=O) groups is 1. The molecule has 4 aromatic rings. The highest BCUT2D eigenvalue weighted by Gasteiger charge is 2.11. The molecule has 0 aliphatic rings. The molecule has 4 rings (SSSR count). The molecule has 3 aromatic carbocycles. The van der Waals surface area contributed by atoms with Gasteiger partial charge in [0, 0.05) is 16.8 Å². The second kappa shape index (κ2) is 6.48. The number of fused-ring (bicyclic) bond motifs is 1. The summed E-state index contributed by atoms with van der Waals surface area (Å²) in [5, 5.41) is 2.91. The zero-order chi connectivity index (χ0) is 18.1. The van der Waals surface area contributed by atoms with Crippen molar-refractivity contribution >= 4 is 22.7 Å². The van der Waals surface area contributed by atoms with E-state index in [4.69, 9.17) is 4.42 Å². The number of anilines is 1. The average Bonchev–Trinajstić information content (AvgIpc) is 3.06. The largest absolute Gasteiger partial charge is 0.436 e. The molecule has 0 radical (unpaired) electrons. The molecule has 0 bridgehead atoms. The molecule has 1 amide bonds. The third kappa shape index (κ3) is 3.09. The second-order valence-electron chi connectivity index (χ2n) is 6.32. The van der Waals surface area contributed by atoms with Crippen LogP contribution in [0.4, 0.5) is 5.69 Å². The summed E-state index contributed by atoms with van der Waals surface area (Å²) < 4.78 is 5.91. The second-order valence-corrected chi connectivity index (χ2v) is 6.32. The van der Waals surface area contributed by atoms with Crippen LogP contribution in [-0.4, -0.2) is 10.9 Å². The molecule has 0 atom stereocenters. The molecular weight excluding hydrogens is 324 g/mol. The Morgan fingerprint density at radius 1 is 0.923 bits per heavy atom. The Morgan fingerprint density at radius 2 is 1.69 bits per heavy atom. The van der Waals surface area contributed by atoms with Crippen molar-refractivity contribution in [1.82, 2.24) is 4.98 Å². The number of hydrogen-bond donors (Lipinski definition) is 1. The maximum Gasteiger partial charge on any atom is 0.255 e. The van der Waals surface area contributed by atoms with Gasteiger partial charge in [-0.1, -0.05) is 24.3 Å². The molecule has 0 aliphatic carbocycles. The molecule has 0 unspecified atom stereocenters. The van der Waals surface area contributed by atoms with Crippen molar-refractivity contribution in [2.24, 2.45) is 0 Å². The lowest BCUT2D eigenvalue weighted by atomic mass is 10.1. The molecule has 4 nitrogen and oxygen atoms in total. The molecule has 0 fully saturated rings. The van der Waals surface area contributed by atoms with Crippen LogP contribution in [0, 0.1) is 13.8 Å². The summed E-state index contributed by atoms with van der Waals surface area (Å²) in [5.74, 6) is 0.396. The normalized spacial score (nSPS) is 10.8. The van der Waals surface area contributed by atoms with Crippen LogP contribution in [0.1, 0.15) is 21.5 Å². The van der Waals surface area contributed by atoms with Gasteiger partial charge in [-0.2, -0.15) is 0 Å². The molecule has 0 aliphatic heterocycles. The van der Waals surface area contributed by atoms with Gasteiger partial charge in [0.25, 0.3) is 5.91 Å². The standard InChI is InChI=1S/C22H18N2O2/c1-14-11-19-20(12-15(14)2)26-22(24-19)17-9-6-10-18(13-17)23-21(25)16-7-4-3-5-8-16/h3-13H,1-2H3,(H,23,25). The molecule has 1 heterocycles. The molecule has 1 aromatic heterocycles. The SMILES string of the molecule is Cc1cc2nc(-c3cccc(NC(=O)c4ccccc4)c3)oc2cc1C. The Balaban J connectivity index is 1.64. The minimum Gasteiger partial charge on any atom is -0.436 e. The number of oxazole rings is 1. The van der Waals surface area contributed by atoms with Crippen LogP contribution in [0.5, 0.6) is 0 Å². The van der Waals surface area contributed by atoms with Crippen molar-refractivity contribution in [2.75, 3.05) is 5.32 Å². The van der Waals surface area contributed by atoms with Crippen LogP contribution in [0.3, 0.4) is 0 Å². The molecular formula is C22H18N2O2. The van der Waals surface area contributed by atoms with E-state index in [1.165, 1.54) is 11.1 Å². The zero-order valence-corrected chi connectivity index (χ0v) is 14.6. The van der Waals surface area contributed by atoms with Crippen LogP contribution >= 0.6 is 0 Å². The first-order valence-electron chi connectivity index (χ1n) is 8.45. The van der Waals surface area contributed by atoms with E-state index >= 15 is 0 Å². The number of aromatic nitrogens is 1. The fourth-order valence-electron chi connectivity index (χ4n) is 2.83. The summed E-state index contributed by atoms with van der Waals surface area (Å²) in [6.45, 7) is 4.11. The number of nitrogens with zero attached hydrogens (tertiary/aromatic N) is 1. The molecule has 4 heteroatoms. The van der Waals surface area contributed by atoms with Crippen molar-refractivity contribution in [3.05, 3.63) is 83.4 Å². The molecule has 0 saturated heterocycles. The quantitative estimate of drug-likeness (QED) is 0.545. The maximum atomic E-state index is 12.3. The molecule has 26 heavy (non-hydrogen) atoms. The van der Waals surface area contributed by atoms with E-state index < -0.39 is 0 Å². The lowest BCUT2D eigenvalue weighted by Crippen LogP contribution is -2.11. The van der Waals surface area contributed by atoms with Gasteiger partial charge in [-0.25, -0.2) is 4.98 Å². The van der Waals surface area contributed by atoms with Crippen molar-refractivity contribution in [1.29, 1.82) is 0 Å². The van der Waals surface area contributed by atoms with Gasteiger partial charge in [0.2, 0.25) is 5.89 Å². The topological polar surface area (TPSA) is 55.1 Å². The van der Waals surface area contributed by atoms with E-state index in [0.717, 1.165) is 16.7 Å². The van der Waals surface area contributed by atoms with Gasteiger partial charge in [-0.05, 0) is 67.4 Å². The fourth-order valence-corrected chi connectivity index (χ4v) is 2.83. The van der Waals surface area contributed by atoms with Crippen LogP contribution < -0.4 is 5.32 Å². The highest BCUT2D eigenvalue weighted by Crippen LogP contribution is 2.28. The number of benzene rings is 3. The Kier molecular flexibility index (Phi) is 4.01. The first-order valence-corrected chi connectivity index (χ1v) is 8.45. The van der Waals surface area contributed by atoms with Crippen molar-refractivity contribution in [3.63, 3.8) is 0 Å². The fraction of sp³-hybridized carbons (Fsp3) is 0.0909. The lowest BCUT2D eigenvalue weighted by Gasteiger charge is -2.06.